The number of nitrogens with one attached hydrogen (secondary N) is 2. The highest BCUT2D eigenvalue weighted by atomic mass is 35.5. The van der Waals surface area contributed by atoms with Crippen LogP contribution in [0.4, 0.5) is 18.9 Å². The first-order valence-electron chi connectivity index (χ1n) is 8.23. The van der Waals surface area contributed by atoms with E-state index in [-0.39, 0.29) is 26.9 Å². The number of amides is 1. The third-order valence-electron chi connectivity index (χ3n) is 3.65. The van der Waals surface area contributed by atoms with Crippen molar-refractivity contribution in [2.45, 2.75) is 31.0 Å². The molecule has 0 heterocycles. The minimum Gasteiger partial charge on any atom is -0.495 e. The molecule has 0 spiro atoms. The quantitative estimate of drug-likeness (QED) is 0.687. The van der Waals surface area contributed by atoms with Gasteiger partial charge < -0.3 is 10.1 Å². The Morgan fingerprint density at radius 3 is 2.34 bits per heavy atom. The highest BCUT2D eigenvalue weighted by molar-refractivity contribution is 7.89. The van der Waals surface area contributed by atoms with Crippen molar-refractivity contribution in [3.8, 4) is 5.75 Å². The summed E-state index contributed by atoms with van der Waals surface area (Å²) in [6.07, 6.45) is -4.62. The van der Waals surface area contributed by atoms with Crippen LogP contribution in [-0.4, -0.2) is 27.5 Å². The van der Waals surface area contributed by atoms with E-state index >= 15 is 0 Å². The minimum absolute atomic E-state index is 0.00630. The second-order valence-electron chi connectivity index (χ2n) is 6.29. The molecule has 2 N–H and O–H groups in total. The first kappa shape index (κ1) is 23.0. The first-order valence-corrected chi connectivity index (χ1v) is 10.1. The molecular weight excluding hydrogens is 433 g/mol. The number of rotatable bonds is 6. The highest BCUT2D eigenvalue weighted by Gasteiger charge is 2.31. The summed E-state index contributed by atoms with van der Waals surface area (Å²) >= 11 is 5.88. The van der Waals surface area contributed by atoms with Crippen molar-refractivity contribution in [1.82, 2.24) is 4.72 Å². The Hall–Kier alpha value is -2.30. The third kappa shape index (κ3) is 5.62. The molecule has 0 aliphatic heterocycles. The molecule has 0 atom stereocenters. The standard InChI is InChI=1S/C18H18ClF3N2O4S/c1-10(2)24-29(26,27)16-8-11(4-7-15(16)28-3)17(25)23-14-9-12(18(20,21)22)5-6-13(14)19/h4-10,24H,1-3H3,(H,23,25). The maximum absolute atomic E-state index is 12.9. The van der Waals surface area contributed by atoms with Crippen molar-refractivity contribution >= 4 is 33.2 Å². The van der Waals surface area contributed by atoms with Crippen LogP contribution in [0.15, 0.2) is 41.3 Å². The van der Waals surface area contributed by atoms with Crippen molar-refractivity contribution in [3.05, 3.63) is 52.5 Å². The van der Waals surface area contributed by atoms with Gasteiger partial charge in [0.25, 0.3) is 5.91 Å². The molecule has 2 rings (SSSR count). The molecule has 158 valence electrons. The molecule has 11 heteroatoms. The van der Waals surface area contributed by atoms with Gasteiger partial charge in [0.1, 0.15) is 10.6 Å². The number of methoxy groups -OCH3 is 1. The largest absolute Gasteiger partial charge is 0.495 e. The van der Waals surface area contributed by atoms with E-state index in [2.05, 4.69) is 10.0 Å². The molecular formula is C18H18ClF3N2O4S. The number of ether oxygens (including phenoxy) is 1. The van der Waals surface area contributed by atoms with Gasteiger partial charge in [-0.25, -0.2) is 13.1 Å². The van der Waals surface area contributed by atoms with Gasteiger partial charge in [0, 0.05) is 11.6 Å². The molecule has 0 unspecified atom stereocenters. The molecule has 6 nitrogen and oxygen atoms in total. The Morgan fingerprint density at radius 2 is 1.79 bits per heavy atom. The van der Waals surface area contributed by atoms with E-state index in [1.165, 1.54) is 19.2 Å². The van der Waals surface area contributed by atoms with Crippen LogP contribution >= 0.6 is 11.6 Å². The first-order chi connectivity index (χ1) is 13.3. The predicted molar refractivity (Wildman–Crippen MR) is 103 cm³/mol. The van der Waals surface area contributed by atoms with Crippen LogP contribution in [-0.2, 0) is 16.2 Å². The number of hydrogen-bond acceptors (Lipinski definition) is 4. The SMILES string of the molecule is COc1ccc(C(=O)Nc2cc(C(F)(F)F)ccc2Cl)cc1S(=O)(=O)NC(C)C. The van der Waals surface area contributed by atoms with E-state index in [1.54, 1.807) is 13.8 Å². The summed E-state index contributed by atoms with van der Waals surface area (Å²) in [5.74, 6) is -0.832. The van der Waals surface area contributed by atoms with Crippen molar-refractivity contribution in [2.24, 2.45) is 0 Å². The average Bonchev–Trinajstić information content (AvgIpc) is 2.60. The number of alkyl halides is 3. The second kappa shape index (κ2) is 8.60. The Morgan fingerprint density at radius 1 is 1.14 bits per heavy atom. The van der Waals surface area contributed by atoms with Crippen molar-refractivity contribution in [1.29, 1.82) is 0 Å². The maximum atomic E-state index is 12.9. The number of hydrogen-bond donors (Lipinski definition) is 2. The van der Waals surface area contributed by atoms with Crippen molar-refractivity contribution in [2.75, 3.05) is 12.4 Å². The Labute approximate surface area is 171 Å². The number of halogens is 4. The van der Waals surface area contributed by atoms with Crippen LogP contribution in [0.3, 0.4) is 0 Å². The second-order valence-corrected chi connectivity index (χ2v) is 8.38. The Balaban J connectivity index is 2.41. The van der Waals surface area contributed by atoms with Crippen molar-refractivity contribution in [3.63, 3.8) is 0 Å². The molecule has 1 amide bonds. The van der Waals surface area contributed by atoms with Crippen LogP contribution in [0.1, 0.15) is 29.8 Å². The lowest BCUT2D eigenvalue weighted by Crippen LogP contribution is -2.30. The molecule has 0 fully saturated rings. The maximum Gasteiger partial charge on any atom is 0.416 e. The van der Waals surface area contributed by atoms with Gasteiger partial charge in [0.05, 0.1) is 23.4 Å². The summed E-state index contributed by atoms with van der Waals surface area (Å²) in [6.45, 7) is 3.24. The molecule has 2 aromatic rings. The van der Waals surface area contributed by atoms with Gasteiger partial charge in [-0.1, -0.05) is 11.6 Å². The summed E-state index contributed by atoms with van der Waals surface area (Å²) in [5.41, 5.74) is -1.35. The van der Waals surface area contributed by atoms with Gasteiger partial charge in [0.2, 0.25) is 10.0 Å². The Bertz CT molecular complexity index is 1020. The number of anilines is 1. The summed E-state index contributed by atoms with van der Waals surface area (Å²) in [4.78, 5) is 12.2. The number of benzene rings is 2. The minimum atomic E-state index is -4.62. The van der Waals surface area contributed by atoms with E-state index in [0.717, 1.165) is 18.2 Å². The molecule has 2 aromatic carbocycles. The molecule has 0 saturated heterocycles. The fourth-order valence-corrected chi connectivity index (χ4v) is 4.00. The van der Waals surface area contributed by atoms with Gasteiger partial charge in [-0.05, 0) is 50.2 Å². The van der Waals surface area contributed by atoms with Crippen LogP contribution in [0.25, 0.3) is 0 Å². The third-order valence-corrected chi connectivity index (χ3v) is 5.66. The fraction of sp³-hybridized carbons (Fsp3) is 0.278. The summed E-state index contributed by atoms with van der Waals surface area (Å²) in [7, 11) is -2.73. The zero-order chi connectivity index (χ0) is 22.0. The van der Waals surface area contributed by atoms with Gasteiger partial charge >= 0.3 is 6.18 Å². The molecule has 29 heavy (non-hydrogen) atoms. The molecule has 0 aliphatic rings. The Kier molecular flexibility index (Phi) is 6.82. The van der Waals surface area contributed by atoms with E-state index in [9.17, 15) is 26.4 Å². The molecule has 0 aromatic heterocycles. The number of sulfonamides is 1. The molecule has 0 aliphatic carbocycles. The molecule has 0 saturated carbocycles. The monoisotopic (exact) mass is 450 g/mol. The lowest BCUT2D eigenvalue weighted by Gasteiger charge is -2.15. The van der Waals surface area contributed by atoms with Gasteiger partial charge in [0.15, 0.2) is 0 Å². The summed E-state index contributed by atoms with van der Waals surface area (Å²) in [6, 6.07) is 5.71. The zero-order valence-corrected chi connectivity index (χ0v) is 17.2. The predicted octanol–water partition coefficient (Wildman–Crippen LogP) is 4.31. The summed E-state index contributed by atoms with van der Waals surface area (Å²) in [5, 5.41) is 2.17. The van der Waals surface area contributed by atoms with Gasteiger partial charge in [-0.2, -0.15) is 13.2 Å². The molecule has 0 bridgehead atoms. The number of carbonyl (C=O) groups is 1. The smallest absolute Gasteiger partial charge is 0.416 e. The topological polar surface area (TPSA) is 84.5 Å². The normalized spacial score (nSPS) is 12.1. The lowest BCUT2D eigenvalue weighted by molar-refractivity contribution is -0.137. The average molecular weight is 451 g/mol. The summed E-state index contributed by atoms with van der Waals surface area (Å²) < 4.78 is 71.1. The van der Waals surface area contributed by atoms with E-state index in [0.29, 0.717) is 6.07 Å². The van der Waals surface area contributed by atoms with E-state index in [1.807, 2.05) is 0 Å². The van der Waals surface area contributed by atoms with Crippen molar-refractivity contribution < 1.29 is 31.1 Å². The lowest BCUT2D eigenvalue weighted by atomic mass is 10.1. The van der Waals surface area contributed by atoms with E-state index < -0.39 is 33.7 Å². The van der Waals surface area contributed by atoms with Crippen LogP contribution < -0.4 is 14.8 Å². The van der Waals surface area contributed by atoms with Crippen LogP contribution in [0.5, 0.6) is 5.75 Å². The highest BCUT2D eigenvalue weighted by Crippen LogP contribution is 2.34. The van der Waals surface area contributed by atoms with Crippen LogP contribution in [0, 0.1) is 0 Å². The number of carbonyl (C=O) groups excluding carboxylic acids is 1. The molecule has 0 radical (unpaired) electrons. The van der Waals surface area contributed by atoms with Gasteiger partial charge in [-0.15, -0.1) is 0 Å². The van der Waals surface area contributed by atoms with E-state index in [4.69, 9.17) is 16.3 Å². The zero-order valence-electron chi connectivity index (χ0n) is 15.6. The van der Waals surface area contributed by atoms with Gasteiger partial charge in [-0.3, -0.25) is 4.79 Å². The fourth-order valence-electron chi connectivity index (χ4n) is 2.39. The van der Waals surface area contributed by atoms with Crippen LogP contribution in [0.2, 0.25) is 5.02 Å².